The van der Waals surface area contributed by atoms with E-state index in [0.717, 1.165) is 12.8 Å². The third kappa shape index (κ3) is 4.91. The Labute approximate surface area is 119 Å². The standard InChI is InChI=1S/C15H22N2O3/c1-3-5-10-17(4-2)15(20)16-13-9-7-6-8-12(13)11-14(18)19/h6-9H,3-5,10-11H2,1-2H3,(H,16,20)(H,18,19). The fourth-order valence-corrected chi connectivity index (χ4v) is 1.91. The van der Waals surface area contributed by atoms with Crippen LogP contribution in [0.25, 0.3) is 0 Å². The Kier molecular flexibility index (Phi) is 6.56. The third-order valence-electron chi connectivity index (χ3n) is 3.05. The molecule has 0 aliphatic heterocycles. The van der Waals surface area contributed by atoms with Gasteiger partial charge in [-0.15, -0.1) is 0 Å². The molecule has 1 aromatic carbocycles. The zero-order chi connectivity index (χ0) is 15.0. The van der Waals surface area contributed by atoms with Crippen LogP contribution in [0, 0.1) is 0 Å². The van der Waals surface area contributed by atoms with E-state index in [0.29, 0.717) is 24.3 Å². The number of carbonyl (C=O) groups is 2. The van der Waals surface area contributed by atoms with Crippen LogP contribution in [0.2, 0.25) is 0 Å². The molecule has 0 aromatic heterocycles. The quantitative estimate of drug-likeness (QED) is 0.805. The number of carboxylic acid groups (broad SMARTS) is 1. The number of rotatable bonds is 7. The molecular formula is C15H22N2O3. The molecule has 0 saturated carbocycles. The maximum atomic E-state index is 12.2. The number of carbonyl (C=O) groups excluding carboxylic acids is 1. The highest BCUT2D eigenvalue weighted by Crippen LogP contribution is 2.16. The highest BCUT2D eigenvalue weighted by atomic mass is 16.4. The van der Waals surface area contributed by atoms with Crippen LogP contribution in [0.3, 0.4) is 0 Å². The molecule has 0 atom stereocenters. The lowest BCUT2D eigenvalue weighted by Crippen LogP contribution is -2.35. The summed E-state index contributed by atoms with van der Waals surface area (Å²) in [6, 6.07) is 6.81. The molecule has 0 saturated heterocycles. The van der Waals surface area contributed by atoms with Crippen LogP contribution in [-0.2, 0) is 11.2 Å². The maximum Gasteiger partial charge on any atom is 0.321 e. The van der Waals surface area contributed by atoms with E-state index >= 15 is 0 Å². The van der Waals surface area contributed by atoms with Crippen LogP contribution in [0.1, 0.15) is 32.3 Å². The van der Waals surface area contributed by atoms with Gasteiger partial charge in [0.1, 0.15) is 0 Å². The lowest BCUT2D eigenvalue weighted by atomic mass is 10.1. The minimum absolute atomic E-state index is 0.0997. The van der Waals surface area contributed by atoms with Crippen molar-refractivity contribution in [1.82, 2.24) is 4.90 Å². The second-order valence-electron chi connectivity index (χ2n) is 4.59. The van der Waals surface area contributed by atoms with Gasteiger partial charge in [-0.2, -0.15) is 0 Å². The van der Waals surface area contributed by atoms with Gasteiger partial charge >= 0.3 is 12.0 Å². The Morgan fingerprint density at radius 3 is 2.55 bits per heavy atom. The Bertz CT molecular complexity index is 460. The summed E-state index contributed by atoms with van der Waals surface area (Å²) in [6.45, 7) is 5.35. The average molecular weight is 278 g/mol. The first-order chi connectivity index (χ1) is 9.58. The molecule has 110 valence electrons. The summed E-state index contributed by atoms with van der Waals surface area (Å²) in [5.74, 6) is -0.912. The average Bonchev–Trinajstić information content (AvgIpc) is 2.41. The third-order valence-corrected chi connectivity index (χ3v) is 3.05. The van der Waals surface area contributed by atoms with Gasteiger partial charge in [-0.1, -0.05) is 31.5 Å². The first kappa shape index (κ1) is 16.0. The number of unbranched alkanes of at least 4 members (excludes halogenated alkanes) is 1. The summed E-state index contributed by atoms with van der Waals surface area (Å²) in [5.41, 5.74) is 1.18. The molecule has 0 bridgehead atoms. The molecule has 0 fully saturated rings. The fraction of sp³-hybridized carbons (Fsp3) is 0.467. The van der Waals surface area contributed by atoms with Gasteiger partial charge in [0, 0.05) is 18.8 Å². The van der Waals surface area contributed by atoms with Gasteiger partial charge in [-0.25, -0.2) is 4.79 Å². The van der Waals surface area contributed by atoms with Gasteiger partial charge in [0.2, 0.25) is 0 Å². The SMILES string of the molecule is CCCCN(CC)C(=O)Nc1ccccc1CC(=O)O. The highest BCUT2D eigenvalue weighted by Gasteiger charge is 2.13. The van der Waals surface area contributed by atoms with E-state index in [1.165, 1.54) is 0 Å². The molecule has 0 radical (unpaired) electrons. The van der Waals surface area contributed by atoms with Crippen LogP contribution >= 0.6 is 0 Å². The van der Waals surface area contributed by atoms with Crippen molar-refractivity contribution in [2.24, 2.45) is 0 Å². The molecule has 0 heterocycles. The molecule has 1 rings (SSSR count). The number of carboxylic acids is 1. The normalized spacial score (nSPS) is 10.1. The number of para-hydroxylation sites is 1. The number of nitrogens with zero attached hydrogens (tertiary/aromatic N) is 1. The number of hydrogen-bond donors (Lipinski definition) is 2. The minimum Gasteiger partial charge on any atom is -0.481 e. The van der Waals surface area contributed by atoms with Crippen LogP contribution < -0.4 is 5.32 Å². The second kappa shape index (κ2) is 8.19. The van der Waals surface area contributed by atoms with Crippen molar-refractivity contribution < 1.29 is 14.7 Å². The molecule has 2 N–H and O–H groups in total. The summed E-state index contributed by atoms with van der Waals surface area (Å²) in [4.78, 5) is 24.7. The predicted molar refractivity (Wildman–Crippen MR) is 79.0 cm³/mol. The number of urea groups is 1. The number of benzene rings is 1. The maximum absolute atomic E-state index is 12.2. The number of amides is 2. The van der Waals surface area contributed by atoms with Gasteiger partial charge in [0.05, 0.1) is 6.42 Å². The highest BCUT2D eigenvalue weighted by molar-refractivity contribution is 5.91. The zero-order valence-corrected chi connectivity index (χ0v) is 12.1. The van der Waals surface area contributed by atoms with Gasteiger partial charge < -0.3 is 15.3 Å². The van der Waals surface area contributed by atoms with E-state index in [-0.39, 0.29) is 12.5 Å². The van der Waals surface area contributed by atoms with Crippen molar-refractivity contribution in [2.45, 2.75) is 33.1 Å². The topological polar surface area (TPSA) is 69.6 Å². The second-order valence-corrected chi connectivity index (χ2v) is 4.59. The molecule has 20 heavy (non-hydrogen) atoms. The predicted octanol–water partition coefficient (Wildman–Crippen LogP) is 2.97. The molecule has 0 spiro atoms. The van der Waals surface area contributed by atoms with Gasteiger partial charge in [-0.05, 0) is 25.0 Å². The van der Waals surface area contributed by atoms with Gasteiger partial charge in [0.25, 0.3) is 0 Å². The van der Waals surface area contributed by atoms with Crippen LogP contribution in [0.4, 0.5) is 10.5 Å². The minimum atomic E-state index is -0.912. The molecule has 0 aliphatic rings. The zero-order valence-electron chi connectivity index (χ0n) is 12.1. The van der Waals surface area contributed by atoms with Crippen LogP contribution in [0.15, 0.2) is 24.3 Å². The smallest absolute Gasteiger partial charge is 0.321 e. The van der Waals surface area contributed by atoms with E-state index in [4.69, 9.17) is 5.11 Å². The van der Waals surface area contributed by atoms with E-state index in [9.17, 15) is 9.59 Å². The van der Waals surface area contributed by atoms with Crippen molar-refractivity contribution in [2.75, 3.05) is 18.4 Å². The summed E-state index contributed by atoms with van der Waals surface area (Å²) in [6.07, 6.45) is 1.88. The van der Waals surface area contributed by atoms with Crippen molar-refractivity contribution in [1.29, 1.82) is 0 Å². The van der Waals surface area contributed by atoms with Crippen molar-refractivity contribution >= 4 is 17.7 Å². The summed E-state index contributed by atoms with van der Waals surface area (Å²) >= 11 is 0. The molecule has 0 aliphatic carbocycles. The van der Waals surface area contributed by atoms with Crippen LogP contribution in [0.5, 0.6) is 0 Å². The Morgan fingerprint density at radius 1 is 1.25 bits per heavy atom. The number of aliphatic carboxylic acids is 1. The Morgan fingerprint density at radius 2 is 1.95 bits per heavy atom. The van der Waals surface area contributed by atoms with Gasteiger partial charge in [-0.3, -0.25) is 4.79 Å². The Balaban J connectivity index is 2.76. The van der Waals surface area contributed by atoms with E-state index in [1.54, 1.807) is 29.2 Å². The van der Waals surface area contributed by atoms with Crippen molar-refractivity contribution in [3.8, 4) is 0 Å². The van der Waals surface area contributed by atoms with Crippen molar-refractivity contribution in [3.63, 3.8) is 0 Å². The number of hydrogen-bond acceptors (Lipinski definition) is 2. The van der Waals surface area contributed by atoms with E-state index in [2.05, 4.69) is 12.2 Å². The molecule has 2 amide bonds. The number of anilines is 1. The van der Waals surface area contributed by atoms with Crippen molar-refractivity contribution in [3.05, 3.63) is 29.8 Å². The summed E-state index contributed by atoms with van der Waals surface area (Å²) < 4.78 is 0. The molecule has 0 unspecified atom stereocenters. The van der Waals surface area contributed by atoms with E-state index < -0.39 is 5.97 Å². The molecular weight excluding hydrogens is 256 g/mol. The van der Waals surface area contributed by atoms with E-state index in [1.807, 2.05) is 6.92 Å². The molecule has 1 aromatic rings. The monoisotopic (exact) mass is 278 g/mol. The lowest BCUT2D eigenvalue weighted by molar-refractivity contribution is -0.136. The lowest BCUT2D eigenvalue weighted by Gasteiger charge is -2.22. The summed E-state index contributed by atoms with van der Waals surface area (Å²) in [5, 5.41) is 11.7. The molecule has 5 nitrogen and oxygen atoms in total. The number of nitrogens with one attached hydrogen (secondary N) is 1. The first-order valence-electron chi connectivity index (χ1n) is 6.94. The summed E-state index contributed by atoms with van der Waals surface area (Å²) in [7, 11) is 0. The first-order valence-corrected chi connectivity index (χ1v) is 6.94. The Hall–Kier alpha value is -2.04. The van der Waals surface area contributed by atoms with Gasteiger partial charge in [0.15, 0.2) is 0 Å². The van der Waals surface area contributed by atoms with Crippen LogP contribution in [-0.4, -0.2) is 35.1 Å². The fourth-order valence-electron chi connectivity index (χ4n) is 1.91. The molecule has 5 heteroatoms. The largest absolute Gasteiger partial charge is 0.481 e.